The molecule has 1 aliphatic heterocycles. The summed E-state index contributed by atoms with van der Waals surface area (Å²) in [6, 6.07) is 7.45. The van der Waals surface area contributed by atoms with Crippen molar-refractivity contribution in [2.24, 2.45) is 5.92 Å². The molecule has 1 aliphatic rings. The van der Waals surface area contributed by atoms with Gasteiger partial charge in [-0.25, -0.2) is 0 Å². The molecule has 1 fully saturated rings. The van der Waals surface area contributed by atoms with E-state index in [-0.39, 0.29) is 18.4 Å². The number of likely N-dealkylation sites (N-methyl/N-ethyl adjacent to an activating group) is 1. The largest absolute Gasteiger partial charge is 0.484 e. The lowest BCUT2D eigenvalue weighted by Gasteiger charge is -2.12. The Morgan fingerprint density at radius 1 is 1.38 bits per heavy atom. The van der Waals surface area contributed by atoms with Crippen LogP contribution in [-0.2, 0) is 16.1 Å². The van der Waals surface area contributed by atoms with Crippen LogP contribution in [0, 0.1) is 5.92 Å². The van der Waals surface area contributed by atoms with Gasteiger partial charge < -0.3 is 20.3 Å². The van der Waals surface area contributed by atoms with E-state index in [4.69, 9.17) is 4.74 Å². The summed E-state index contributed by atoms with van der Waals surface area (Å²) in [5, 5.41) is 6.26. The summed E-state index contributed by atoms with van der Waals surface area (Å²) in [6.07, 6.45) is 2.67. The molecule has 0 bridgehead atoms. The summed E-state index contributed by atoms with van der Waals surface area (Å²) in [5.74, 6) is 1.25. The molecule has 0 aromatic heterocycles. The third-order valence-corrected chi connectivity index (χ3v) is 4.19. The SMILES string of the molecule is CN(C)C(=O)COc1cccc(CNC(=O)CCC2CCNC2)c1. The van der Waals surface area contributed by atoms with Gasteiger partial charge in [0.1, 0.15) is 5.75 Å². The highest BCUT2D eigenvalue weighted by atomic mass is 16.5. The molecule has 1 unspecified atom stereocenters. The Morgan fingerprint density at radius 2 is 2.21 bits per heavy atom. The lowest BCUT2D eigenvalue weighted by molar-refractivity contribution is -0.130. The number of ether oxygens (including phenoxy) is 1. The van der Waals surface area contributed by atoms with Gasteiger partial charge in [0, 0.05) is 27.1 Å². The highest BCUT2D eigenvalue weighted by Crippen LogP contribution is 2.15. The quantitative estimate of drug-likeness (QED) is 0.749. The van der Waals surface area contributed by atoms with Gasteiger partial charge in [0.05, 0.1) is 0 Å². The predicted octanol–water partition coefficient (Wildman–Crippen LogP) is 1.16. The summed E-state index contributed by atoms with van der Waals surface area (Å²) in [4.78, 5) is 25.0. The van der Waals surface area contributed by atoms with Crippen molar-refractivity contribution in [1.29, 1.82) is 0 Å². The number of nitrogens with zero attached hydrogens (tertiary/aromatic N) is 1. The van der Waals surface area contributed by atoms with Crippen molar-refractivity contribution < 1.29 is 14.3 Å². The molecule has 1 aromatic rings. The molecule has 24 heavy (non-hydrogen) atoms. The van der Waals surface area contributed by atoms with Crippen LogP contribution in [0.2, 0.25) is 0 Å². The number of amides is 2. The van der Waals surface area contributed by atoms with E-state index in [0.717, 1.165) is 25.1 Å². The van der Waals surface area contributed by atoms with Gasteiger partial charge in [-0.2, -0.15) is 0 Å². The van der Waals surface area contributed by atoms with Crippen LogP contribution in [0.25, 0.3) is 0 Å². The predicted molar refractivity (Wildman–Crippen MR) is 92.7 cm³/mol. The first-order valence-electron chi connectivity index (χ1n) is 8.44. The highest BCUT2D eigenvalue weighted by molar-refractivity contribution is 5.77. The summed E-state index contributed by atoms with van der Waals surface area (Å²) in [5.41, 5.74) is 0.959. The van der Waals surface area contributed by atoms with Gasteiger partial charge >= 0.3 is 0 Å². The lowest BCUT2D eigenvalue weighted by Crippen LogP contribution is -2.27. The van der Waals surface area contributed by atoms with E-state index < -0.39 is 0 Å². The van der Waals surface area contributed by atoms with E-state index in [9.17, 15) is 9.59 Å². The van der Waals surface area contributed by atoms with E-state index in [2.05, 4.69) is 10.6 Å². The second-order valence-electron chi connectivity index (χ2n) is 6.40. The Morgan fingerprint density at radius 3 is 2.92 bits per heavy atom. The van der Waals surface area contributed by atoms with E-state index in [1.807, 2.05) is 18.2 Å². The number of carbonyl (C=O) groups is 2. The molecule has 0 aliphatic carbocycles. The third kappa shape index (κ3) is 6.20. The minimum absolute atomic E-state index is 0.0121. The van der Waals surface area contributed by atoms with Gasteiger partial charge in [-0.3, -0.25) is 9.59 Å². The minimum Gasteiger partial charge on any atom is -0.484 e. The Labute approximate surface area is 143 Å². The maximum absolute atomic E-state index is 11.9. The summed E-state index contributed by atoms with van der Waals surface area (Å²) < 4.78 is 5.48. The highest BCUT2D eigenvalue weighted by Gasteiger charge is 2.15. The second kappa shape index (κ2) is 9.27. The molecule has 2 amide bonds. The van der Waals surface area contributed by atoms with E-state index in [0.29, 0.717) is 24.6 Å². The van der Waals surface area contributed by atoms with Crippen molar-refractivity contribution in [1.82, 2.24) is 15.5 Å². The van der Waals surface area contributed by atoms with Crippen LogP contribution in [0.1, 0.15) is 24.8 Å². The molecule has 1 aromatic carbocycles. The van der Waals surface area contributed by atoms with Crippen molar-refractivity contribution in [2.75, 3.05) is 33.8 Å². The van der Waals surface area contributed by atoms with Gasteiger partial charge in [0.15, 0.2) is 6.61 Å². The molecule has 0 saturated carbocycles. The zero-order chi connectivity index (χ0) is 17.4. The first-order valence-corrected chi connectivity index (χ1v) is 8.44. The van der Waals surface area contributed by atoms with Gasteiger partial charge in [0.25, 0.3) is 5.91 Å². The maximum atomic E-state index is 11.9. The van der Waals surface area contributed by atoms with Crippen molar-refractivity contribution in [2.45, 2.75) is 25.8 Å². The number of hydrogen-bond acceptors (Lipinski definition) is 4. The normalized spacial score (nSPS) is 16.7. The number of carbonyl (C=O) groups excluding carboxylic acids is 2. The van der Waals surface area contributed by atoms with Gasteiger partial charge in [-0.15, -0.1) is 0 Å². The molecular formula is C18H27N3O3. The zero-order valence-corrected chi connectivity index (χ0v) is 14.5. The monoisotopic (exact) mass is 333 g/mol. The number of benzene rings is 1. The van der Waals surface area contributed by atoms with Crippen molar-refractivity contribution in [3.63, 3.8) is 0 Å². The number of hydrogen-bond donors (Lipinski definition) is 2. The fraction of sp³-hybridized carbons (Fsp3) is 0.556. The van der Waals surface area contributed by atoms with E-state index in [1.54, 1.807) is 20.2 Å². The Hall–Kier alpha value is -2.08. The Bertz CT molecular complexity index is 554. The molecular weight excluding hydrogens is 306 g/mol. The molecule has 1 heterocycles. The first kappa shape index (κ1) is 18.3. The fourth-order valence-corrected chi connectivity index (χ4v) is 2.60. The Kier molecular flexibility index (Phi) is 7.06. The lowest BCUT2D eigenvalue weighted by atomic mass is 10.0. The third-order valence-electron chi connectivity index (χ3n) is 4.19. The zero-order valence-electron chi connectivity index (χ0n) is 14.5. The average molecular weight is 333 g/mol. The van der Waals surface area contributed by atoms with Crippen LogP contribution in [-0.4, -0.2) is 50.5 Å². The van der Waals surface area contributed by atoms with E-state index in [1.165, 1.54) is 11.3 Å². The molecule has 2 N–H and O–H groups in total. The van der Waals surface area contributed by atoms with Crippen LogP contribution in [0.3, 0.4) is 0 Å². The number of nitrogens with one attached hydrogen (secondary N) is 2. The van der Waals surface area contributed by atoms with Crippen LogP contribution in [0.15, 0.2) is 24.3 Å². The van der Waals surface area contributed by atoms with Crippen LogP contribution < -0.4 is 15.4 Å². The van der Waals surface area contributed by atoms with Gasteiger partial charge in [0.2, 0.25) is 5.91 Å². The molecule has 2 rings (SSSR count). The fourth-order valence-electron chi connectivity index (χ4n) is 2.60. The average Bonchev–Trinajstić information content (AvgIpc) is 3.09. The van der Waals surface area contributed by atoms with E-state index >= 15 is 0 Å². The summed E-state index contributed by atoms with van der Waals surface area (Å²) in [6.45, 7) is 2.58. The molecule has 6 nitrogen and oxygen atoms in total. The second-order valence-corrected chi connectivity index (χ2v) is 6.40. The van der Waals surface area contributed by atoms with Crippen molar-refractivity contribution in [3.8, 4) is 5.75 Å². The smallest absolute Gasteiger partial charge is 0.259 e. The maximum Gasteiger partial charge on any atom is 0.259 e. The first-order chi connectivity index (χ1) is 11.5. The van der Waals surface area contributed by atoms with Gasteiger partial charge in [-0.1, -0.05) is 12.1 Å². The molecule has 0 radical (unpaired) electrons. The van der Waals surface area contributed by atoms with Crippen molar-refractivity contribution >= 4 is 11.8 Å². The van der Waals surface area contributed by atoms with Crippen LogP contribution >= 0.6 is 0 Å². The number of rotatable bonds is 8. The standard InChI is InChI=1S/C18H27N3O3/c1-21(2)18(23)13-24-16-5-3-4-15(10-16)12-20-17(22)7-6-14-8-9-19-11-14/h3-5,10,14,19H,6-9,11-13H2,1-2H3,(H,20,22). The van der Waals surface area contributed by atoms with Crippen molar-refractivity contribution in [3.05, 3.63) is 29.8 Å². The molecule has 132 valence electrons. The molecule has 1 saturated heterocycles. The Balaban J connectivity index is 1.72. The molecule has 6 heteroatoms. The molecule has 1 atom stereocenters. The van der Waals surface area contributed by atoms with Gasteiger partial charge in [-0.05, 0) is 49.5 Å². The summed E-state index contributed by atoms with van der Waals surface area (Å²) in [7, 11) is 3.39. The van der Waals surface area contributed by atoms with Crippen LogP contribution in [0.4, 0.5) is 0 Å². The minimum atomic E-state index is -0.0879. The topological polar surface area (TPSA) is 70.7 Å². The van der Waals surface area contributed by atoms with Crippen LogP contribution in [0.5, 0.6) is 5.75 Å². The summed E-state index contributed by atoms with van der Waals surface area (Å²) >= 11 is 0. The molecule has 0 spiro atoms.